The number of carboxylic acids is 1. The van der Waals surface area contributed by atoms with Crippen LogP contribution >= 0.6 is 0 Å². The SMILES string of the molecule is Cc1ccc(C)n1-c1cc(C(=O)CN=Cc2cc(F)ccc2C(F)(F)F)ccc1C(=O)O. The lowest BCUT2D eigenvalue weighted by Gasteiger charge is -2.14. The van der Waals surface area contributed by atoms with Crippen molar-refractivity contribution in [3.63, 3.8) is 0 Å². The van der Waals surface area contributed by atoms with Crippen molar-refractivity contribution in [1.82, 2.24) is 4.57 Å². The van der Waals surface area contributed by atoms with Crippen molar-refractivity contribution >= 4 is 18.0 Å². The second-order valence-corrected chi connectivity index (χ2v) is 7.11. The maximum atomic E-state index is 13.4. The molecule has 0 amide bonds. The first-order chi connectivity index (χ1) is 15.0. The number of hydrogen-bond acceptors (Lipinski definition) is 3. The highest BCUT2D eigenvalue weighted by atomic mass is 19.4. The van der Waals surface area contributed by atoms with Crippen LogP contribution in [0, 0.1) is 19.7 Å². The minimum absolute atomic E-state index is 0.0120. The molecule has 9 heteroatoms. The van der Waals surface area contributed by atoms with Crippen molar-refractivity contribution < 1.29 is 32.3 Å². The minimum Gasteiger partial charge on any atom is -0.478 e. The van der Waals surface area contributed by atoms with Gasteiger partial charge in [-0.2, -0.15) is 13.2 Å². The molecule has 0 saturated heterocycles. The van der Waals surface area contributed by atoms with Gasteiger partial charge in [0.25, 0.3) is 0 Å². The van der Waals surface area contributed by atoms with E-state index in [1.807, 2.05) is 0 Å². The fourth-order valence-electron chi connectivity index (χ4n) is 3.34. The Morgan fingerprint density at radius 3 is 2.28 bits per heavy atom. The Hall–Kier alpha value is -3.75. The second kappa shape index (κ2) is 8.78. The van der Waals surface area contributed by atoms with Crippen LogP contribution in [0.25, 0.3) is 5.69 Å². The Labute approximate surface area is 180 Å². The van der Waals surface area contributed by atoms with Gasteiger partial charge in [-0.25, -0.2) is 9.18 Å². The maximum absolute atomic E-state index is 13.4. The van der Waals surface area contributed by atoms with Gasteiger partial charge < -0.3 is 9.67 Å². The number of halogens is 4. The summed E-state index contributed by atoms with van der Waals surface area (Å²) in [6.45, 7) is 3.08. The molecular weight excluding hydrogens is 428 g/mol. The zero-order chi connectivity index (χ0) is 23.6. The molecule has 0 aliphatic rings. The third-order valence-corrected chi connectivity index (χ3v) is 4.85. The van der Waals surface area contributed by atoms with Crippen LogP contribution in [0.2, 0.25) is 0 Å². The van der Waals surface area contributed by atoms with Gasteiger partial charge in [-0.3, -0.25) is 9.79 Å². The number of carbonyl (C=O) groups excluding carboxylic acids is 1. The predicted octanol–water partition coefficient (Wildman–Crippen LogP) is 5.25. The molecule has 0 atom stereocenters. The Kier molecular flexibility index (Phi) is 6.29. The van der Waals surface area contributed by atoms with Crippen LogP contribution in [-0.4, -0.2) is 34.2 Å². The van der Waals surface area contributed by atoms with Gasteiger partial charge in [0.1, 0.15) is 12.4 Å². The molecule has 1 aromatic heterocycles. The van der Waals surface area contributed by atoms with Crippen molar-refractivity contribution in [3.8, 4) is 5.69 Å². The lowest BCUT2D eigenvalue weighted by molar-refractivity contribution is -0.137. The minimum atomic E-state index is -4.70. The number of alkyl halides is 3. The summed E-state index contributed by atoms with van der Waals surface area (Å²) in [5.41, 5.74) is 0.383. The Morgan fingerprint density at radius 1 is 1.03 bits per heavy atom. The summed E-state index contributed by atoms with van der Waals surface area (Å²) in [6.07, 6.45) is -3.90. The van der Waals surface area contributed by atoms with E-state index < -0.39 is 41.4 Å². The number of carbonyl (C=O) groups is 2. The van der Waals surface area contributed by atoms with Crippen LogP contribution < -0.4 is 0 Å². The molecule has 0 bridgehead atoms. The standard InChI is InChI=1S/C23H18F4N2O3/c1-13-3-4-14(2)29(13)20-10-15(5-7-18(20)22(31)32)21(30)12-28-11-16-9-17(24)6-8-19(16)23(25,26)27/h3-11H,12H2,1-2H3,(H,31,32). The molecule has 2 aromatic carbocycles. The monoisotopic (exact) mass is 446 g/mol. The normalized spacial score (nSPS) is 11.8. The van der Waals surface area contributed by atoms with Crippen molar-refractivity contribution in [2.45, 2.75) is 20.0 Å². The molecule has 0 spiro atoms. The summed E-state index contributed by atoms with van der Waals surface area (Å²) in [6, 6.07) is 9.62. The number of aromatic carboxylic acids is 1. The van der Waals surface area contributed by atoms with Gasteiger partial charge in [-0.15, -0.1) is 0 Å². The highest BCUT2D eigenvalue weighted by Gasteiger charge is 2.33. The van der Waals surface area contributed by atoms with E-state index in [1.54, 1.807) is 30.5 Å². The van der Waals surface area contributed by atoms with Gasteiger partial charge in [-0.1, -0.05) is 6.07 Å². The topological polar surface area (TPSA) is 71.7 Å². The van der Waals surface area contributed by atoms with Gasteiger partial charge in [0.05, 0.1) is 16.8 Å². The molecule has 5 nitrogen and oxygen atoms in total. The fraction of sp³-hybridized carbons (Fsp3) is 0.174. The van der Waals surface area contributed by atoms with Crippen LogP contribution in [0.3, 0.4) is 0 Å². The second-order valence-electron chi connectivity index (χ2n) is 7.11. The Balaban J connectivity index is 1.91. The van der Waals surface area contributed by atoms with Crippen LogP contribution in [0.1, 0.15) is 43.2 Å². The Morgan fingerprint density at radius 2 is 1.69 bits per heavy atom. The van der Waals surface area contributed by atoms with E-state index in [9.17, 15) is 32.3 Å². The summed E-state index contributed by atoms with van der Waals surface area (Å²) >= 11 is 0. The van der Waals surface area contributed by atoms with E-state index in [4.69, 9.17) is 0 Å². The van der Waals surface area contributed by atoms with Gasteiger partial charge in [0.15, 0.2) is 5.78 Å². The van der Waals surface area contributed by atoms with Crippen LogP contribution in [0.15, 0.2) is 53.5 Å². The number of Topliss-reactive ketones (excluding diaryl/α,β-unsaturated/α-hetero) is 1. The number of benzene rings is 2. The maximum Gasteiger partial charge on any atom is 0.417 e. The number of ketones is 1. The van der Waals surface area contributed by atoms with Gasteiger partial charge in [0, 0.05) is 28.7 Å². The van der Waals surface area contributed by atoms with E-state index in [0.29, 0.717) is 18.2 Å². The molecule has 3 rings (SSSR count). The molecule has 32 heavy (non-hydrogen) atoms. The highest BCUT2D eigenvalue weighted by molar-refractivity contribution is 6.01. The summed E-state index contributed by atoms with van der Waals surface area (Å²) in [5.74, 6) is -2.57. The Bertz CT molecular complexity index is 1210. The van der Waals surface area contributed by atoms with Crippen molar-refractivity contribution in [1.29, 1.82) is 0 Å². The third kappa shape index (κ3) is 4.77. The quantitative estimate of drug-likeness (QED) is 0.319. The molecule has 3 aromatic rings. The molecule has 0 radical (unpaired) electrons. The van der Waals surface area contributed by atoms with Crippen LogP contribution in [0.5, 0.6) is 0 Å². The van der Waals surface area contributed by atoms with E-state index in [2.05, 4.69) is 4.99 Å². The first-order valence-corrected chi connectivity index (χ1v) is 9.41. The van der Waals surface area contributed by atoms with E-state index in [1.165, 1.54) is 18.2 Å². The summed E-state index contributed by atoms with van der Waals surface area (Å²) in [7, 11) is 0. The molecule has 0 aliphatic carbocycles. The number of rotatable bonds is 6. The van der Waals surface area contributed by atoms with Crippen molar-refractivity contribution in [3.05, 3.63) is 88.0 Å². The average molecular weight is 446 g/mol. The van der Waals surface area contributed by atoms with Gasteiger partial charge in [0.2, 0.25) is 0 Å². The van der Waals surface area contributed by atoms with Crippen LogP contribution in [-0.2, 0) is 6.18 Å². The molecule has 1 N–H and O–H groups in total. The van der Waals surface area contributed by atoms with Crippen LogP contribution in [0.4, 0.5) is 17.6 Å². The number of hydrogen-bond donors (Lipinski definition) is 1. The molecule has 0 fully saturated rings. The average Bonchev–Trinajstić information content (AvgIpc) is 3.04. The summed E-state index contributed by atoms with van der Waals surface area (Å²) in [4.78, 5) is 28.0. The third-order valence-electron chi connectivity index (χ3n) is 4.85. The summed E-state index contributed by atoms with van der Waals surface area (Å²) in [5, 5.41) is 9.51. The van der Waals surface area contributed by atoms with E-state index in [0.717, 1.165) is 17.6 Å². The first kappa shape index (κ1) is 22.9. The molecule has 0 unspecified atom stereocenters. The highest BCUT2D eigenvalue weighted by Crippen LogP contribution is 2.31. The summed E-state index contributed by atoms with van der Waals surface area (Å²) < 4.78 is 54.3. The van der Waals surface area contributed by atoms with Crippen molar-refractivity contribution in [2.75, 3.05) is 6.54 Å². The molecule has 0 aliphatic heterocycles. The smallest absolute Gasteiger partial charge is 0.417 e. The van der Waals surface area contributed by atoms with E-state index in [-0.39, 0.29) is 16.8 Å². The van der Waals surface area contributed by atoms with E-state index >= 15 is 0 Å². The van der Waals surface area contributed by atoms with Crippen molar-refractivity contribution in [2.24, 2.45) is 4.99 Å². The number of aromatic nitrogens is 1. The number of aliphatic imine (C=N–C) groups is 1. The largest absolute Gasteiger partial charge is 0.478 e. The molecular formula is C23H18F4N2O3. The lowest BCUT2D eigenvalue weighted by atomic mass is 10.0. The number of aryl methyl sites for hydroxylation is 2. The molecule has 1 heterocycles. The van der Waals surface area contributed by atoms with Gasteiger partial charge in [-0.05, 0) is 56.3 Å². The number of nitrogens with zero attached hydrogens (tertiary/aromatic N) is 2. The number of carboxylic acid groups (broad SMARTS) is 1. The predicted molar refractivity (Wildman–Crippen MR) is 110 cm³/mol. The zero-order valence-electron chi connectivity index (χ0n) is 17.1. The first-order valence-electron chi connectivity index (χ1n) is 9.41. The molecule has 166 valence electrons. The van der Waals surface area contributed by atoms with Gasteiger partial charge >= 0.3 is 12.1 Å². The fourth-order valence-corrected chi connectivity index (χ4v) is 3.34. The zero-order valence-corrected chi connectivity index (χ0v) is 17.1. The lowest BCUT2D eigenvalue weighted by Crippen LogP contribution is -2.12. The molecule has 0 saturated carbocycles.